The molecule has 12 rings (SSSR count). The minimum absolute atomic E-state index is 0.877. The Kier molecular flexibility index (Phi) is 8.03. The van der Waals surface area contributed by atoms with E-state index >= 15 is 0 Å². The first-order valence-electron chi connectivity index (χ1n) is 20.3. The van der Waals surface area contributed by atoms with Gasteiger partial charge >= 0.3 is 0 Å². The molecular weight excluding hydrogens is 749 g/mol. The smallest absolute Gasteiger partial charge is 0.159 e. The summed E-state index contributed by atoms with van der Waals surface area (Å²) < 4.78 is 9.20. The van der Waals surface area contributed by atoms with Gasteiger partial charge in [0.25, 0.3) is 0 Å². The van der Waals surface area contributed by atoms with Crippen LogP contribution >= 0.6 is 11.3 Å². The number of furan rings is 1. The molecule has 2 aromatic heterocycles. The molecule has 0 atom stereocenters. The zero-order chi connectivity index (χ0) is 39.6. The number of fused-ring (bicyclic) bond motifs is 11. The Bertz CT molecular complexity index is 3500. The molecule has 0 aliphatic rings. The van der Waals surface area contributed by atoms with Gasteiger partial charge in [-0.25, -0.2) is 0 Å². The molecule has 0 unspecified atom stereocenters. The maximum atomic E-state index is 6.61. The second-order valence-electron chi connectivity index (χ2n) is 15.3. The summed E-state index contributed by atoms with van der Waals surface area (Å²) in [6.45, 7) is 0. The van der Waals surface area contributed by atoms with Crippen LogP contribution in [-0.4, -0.2) is 0 Å². The summed E-state index contributed by atoms with van der Waals surface area (Å²) in [6, 6.07) is 78.4. The minimum Gasteiger partial charge on any atom is -0.454 e. The molecule has 0 N–H and O–H groups in total. The summed E-state index contributed by atoms with van der Waals surface area (Å²) in [5.41, 5.74) is 10.7. The number of para-hydroxylation sites is 5. The third-order valence-electron chi connectivity index (χ3n) is 11.8. The maximum absolute atomic E-state index is 6.61. The van der Waals surface area contributed by atoms with Crippen LogP contribution in [0.15, 0.2) is 223 Å². The Morgan fingerprint density at radius 2 is 0.883 bits per heavy atom. The molecule has 0 bridgehead atoms. The largest absolute Gasteiger partial charge is 0.454 e. The van der Waals surface area contributed by atoms with Crippen molar-refractivity contribution in [2.75, 3.05) is 9.80 Å². The van der Waals surface area contributed by atoms with Crippen LogP contribution in [0.3, 0.4) is 0 Å². The van der Waals surface area contributed by atoms with Crippen molar-refractivity contribution in [1.82, 2.24) is 0 Å². The van der Waals surface area contributed by atoms with Gasteiger partial charge in [-0.2, -0.15) is 0 Å². The molecule has 0 radical (unpaired) electrons. The fourth-order valence-electron chi connectivity index (χ4n) is 9.08. The first-order chi connectivity index (χ1) is 29.8. The van der Waals surface area contributed by atoms with Crippen molar-refractivity contribution in [3.63, 3.8) is 0 Å². The third kappa shape index (κ3) is 5.57. The van der Waals surface area contributed by atoms with Gasteiger partial charge in [-0.15, -0.1) is 11.3 Å². The molecule has 10 aromatic carbocycles. The molecule has 0 saturated carbocycles. The first-order valence-corrected chi connectivity index (χ1v) is 21.2. The van der Waals surface area contributed by atoms with Gasteiger partial charge in [0.1, 0.15) is 5.58 Å². The van der Waals surface area contributed by atoms with Gasteiger partial charge in [0.05, 0.1) is 5.69 Å². The SMILES string of the molecule is c1ccc(N(c2ccccc2)c2ccc(-c3ccc4c(c3)sc3c5ccc(N(c6ccccc6)c6cccc7c6oc6ccccc67)cc5c5ccccc5c43)cc2)cc1. The number of thiophene rings is 1. The number of rotatable bonds is 7. The molecule has 12 aromatic rings. The van der Waals surface area contributed by atoms with Gasteiger partial charge in [-0.05, 0) is 106 Å². The Labute approximate surface area is 351 Å². The van der Waals surface area contributed by atoms with E-state index in [4.69, 9.17) is 4.42 Å². The van der Waals surface area contributed by atoms with Crippen LogP contribution in [0.25, 0.3) is 74.8 Å². The molecular formula is C56H36N2OS. The van der Waals surface area contributed by atoms with E-state index in [1.54, 1.807) is 0 Å². The fraction of sp³-hybridized carbons (Fsp3) is 0. The summed E-state index contributed by atoms with van der Waals surface area (Å²) in [5.74, 6) is 0. The van der Waals surface area contributed by atoms with Crippen molar-refractivity contribution < 1.29 is 4.42 Å². The monoisotopic (exact) mass is 784 g/mol. The molecule has 0 amide bonds. The lowest BCUT2D eigenvalue weighted by atomic mass is 9.95. The zero-order valence-corrected chi connectivity index (χ0v) is 33.3. The lowest BCUT2D eigenvalue weighted by molar-refractivity contribution is 0.669. The minimum atomic E-state index is 0.877. The highest BCUT2D eigenvalue weighted by molar-refractivity contribution is 7.27. The van der Waals surface area contributed by atoms with E-state index in [2.05, 4.69) is 222 Å². The van der Waals surface area contributed by atoms with Crippen LogP contribution in [0.2, 0.25) is 0 Å². The fourth-order valence-corrected chi connectivity index (χ4v) is 10.4. The van der Waals surface area contributed by atoms with E-state index in [-0.39, 0.29) is 0 Å². The van der Waals surface area contributed by atoms with Crippen LogP contribution in [0.5, 0.6) is 0 Å². The van der Waals surface area contributed by atoms with Crippen molar-refractivity contribution >= 4 is 109 Å². The number of anilines is 6. The summed E-state index contributed by atoms with van der Waals surface area (Å²) in [7, 11) is 0. The van der Waals surface area contributed by atoms with Crippen LogP contribution in [0.1, 0.15) is 0 Å². The third-order valence-corrected chi connectivity index (χ3v) is 13.0. The molecule has 2 heterocycles. The topological polar surface area (TPSA) is 19.6 Å². The lowest BCUT2D eigenvalue weighted by Crippen LogP contribution is -2.10. The Hall–Kier alpha value is -7.66. The highest BCUT2D eigenvalue weighted by atomic mass is 32.1. The molecule has 0 aliphatic carbocycles. The number of nitrogens with zero attached hydrogens (tertiary/aromatic N) is 2. The predicted molar refractivity (Wildman–Crippen MR) is 256 cm³/mol. The molecule has 3 nitrogen and oxygen atoms in total. The number of benzene rings is 10. The summed E-state index contributed by atoms with van der Waals surface area (Å²) >= 11 is 1.89. The van der Waals surface area contributed by atoms with Crippen molar-refractivity contribution in [2.45, 2.75) is 0 Å². The summed E-state index contributed by atoms with van der Waals surface area (Å²) in [4.78, 5) is 4.64. The molecule has 0 spiro atoms. The molecule has 0 aliphatic heterocycles. The highest BCUT2D eigenvalue weighted by Gasteiger charge is 2.22. The normalized spacial score (nSPS) is 11.7. The van der Waals surface area contributed by atoms with E-state index in [1.807, 2.05) is 17.4 Å². The summed E-state index contributed by atoms with van der Waals surface area (Å²) in [6.07, 6.45) is 0. The van der Waals surface area contributed by atoms with Gasteiger partial charge in [-0.3, -0.25) is 0 Å². The molecule has 282 valence electrons. The average molecular weight is 785 g/mol. The van der Waals surface area contributed by atoms with Crippen LogP contribution in [0, 0.1) is 0 Å². The van der Waals surface area contributed by atoms with Crippen molar-refractivity contribution in [1.29, 1.82) is 0 Å². The Morgan fingerprint density at radius 3 is 1.60 bits per heavy atom. The van der Waals surface area contributed by atoms with Crippen molar-refractivity contribution in [3.8, 4) is 11.1 Å². The number of hydrogen-bond donors (Lipinski definition) is 0. The zero-order valence-electron chi connectivity index (χ0n) is 32.5. The highest BCUT2D eigenvalue weighted by Crippen LogP contribution is 2.48. The van der Waals surface area contributed by atoms with Crippen molar-refractivity contribution in [2.24, 2.45) is 0 Å². The molecule has 4 heteroatoms. The van der Waals surface area contributed by atoms with Gasteiger partial charge < -0.3 is 14.2 Å². The van der Waals surface area contributed by atoms with E-state index in [9.17, 15) is 0 Å². The molecule has 0 saturated heterocycles. The van der Waals surface area contributed by atoms with E-state index < -0.39 is 0 Å². The van der Waals surface area contributed by atoms with E-state index in [1.165, 1.54) is 52.8 Å². The quantitative estimate of drug-likeness (QED) is 0.150. The van der Waals surface area contributed by atoms with Crippen molar-refractivity contribution in [3.05, 3.63) is 218 Å². The van der Waals surface area contributed by atoms with Crippen LogP contribution in [-0.2, 0) is 0 Å². The maximum Gasteiger partial charge on any atom is 0.159 e. The van der Waals surface area contributed by atoms with E-state index in [0.29, 0.717) is 0 Å². The van der Waals surface area contributed by atoms with Gasteiger partial charge in [0, 0.05) is 64.8 Å². The predicted octanol–water partition coefficient (Wildman–Crippen LogP) is 16.9. The molecule has 0 fully saturated rings. The average Bonchev–Trinajstić information content (AvgIpc) is 3.90. The number of hydrogen-bond acceptors (Lipinski definition) is 4. The van der Waals surface area contributed by atoms with Gasteiger partial charge in [0.2, 0.25) is 0 Å². The van der Waals surface area contributed by atoms with E-state index in [0.717, 1.165) is 56.1 Å². The lowest BCUT2D eigenvalue weighted by Gasteiger charge is -2.26. The summed E-state index contributed by atoms with van der Waals surface area (Å²) in [5, 5.41) is 9.86. The van der Waals surface area contributed by atoms with Gasteiger partial charge in [-0.1, -0.05) is 140 Å². The first kappa shape index (κ1) is 34.4. The standard InChI is InChI=1S/C56H36N2OS/c1-4-15-39(16-5-1)57(40-17-6-2-7-18-40)42-30-27-37(28-31-42)38-29-33-49-53(35-38)60-56-48-34-32-43(36-50(48)44-21-10-11-23-46(44)54(49)56)58(41-19-8-3-9-20-41)51-25-14-24-47-45-22-12-13-26-52(45)59-55(47)51/h1-36H. The Morgan fingerprint density at radius 1 is 0.333 bits per heavy atom. The Balaban J connectivity index is 0.993. The van der Waals surface area contributed by atoms with Crippen LogP contribution in [0.4, 0.5) is 34.1 Å². The van der Waals surface area contributed by atoms with Gasteiger partial charge in [0.15, 0.2) is 5.58 Å². The second kappa shape index (κ2) is 14.0. The molecule has 60 heavy (non-hydrogen) atoms. The van der Waals surface area contributed by atoms with Crippen LogP contribution < -0.4 is 9.80 Å². The second-order valence-corrected chi connectivity index (χ2v) is 16.3.